The molecule has 2 amide bonds. The summed E-state index contributed by atoms with van der Waals surface area (Å²) in [5, 5.41) is 8.93. The van der Waals surface area contributed by atoms with Gasteiger partial charge >= 0.3 is 5.97 Å². The molecule has 1 atom stereocenters. The fourth-order valence-electron chi connectivity index (χ4n) is 2.25. The second-order valence-corrected chi connectivity index (χ2v) is 5.13. The van der Waals surface area contributed by atoms with Crippen LogP contribution in [0.15, 0.2) is 24.3 Å². The highest BCUT2D eigenvalue weighted by Crippen LogP contribution is 2.22. The Morgan fingerprint density at radius 3 is 2.38 bits per heavy atom. The summed E-state index contributed by atoms with van der Waals surface area (Å²) in [6.07, 6.45) is 1.40. The number of amides is 2. The van der Waals surface area contributed by atoms with Gasteiger partial charge in [0.15, 0.2) is 0 Å². The summed E-state index contributed by atoms with van der Waals surface area (Å²) < 4.78 is 0. The number of nitrogens with zero attached hydrogens (tertiary/aromatic N) is 2. The summed E-state index contributed by atoms with van der Waals surface area (Å²) in [7, 11) is 1.46. The zero-order valence-corrected chi connectivity index (χ0v) is 12.1. The van der Waals surface area contributed by atoms with Gasteiger partial charge in [0.25, 0.3) is 5.91 Å². The fraction of sp³-hybridized carbons (Fsp3) is 0.400. The van der Waals surface area contributed by atoms with Gasteiger partial charge in [0, 0.05) is 31.3 Å². The molecule has 1 N–H and O–H groups in total. The Morgan fingerprint density at radius 2 is 1.90 bits per heavy atom. The Balaban J connectivity index is 2.13. The molecular formula is C15H18N2O4. The Morgan fingerprint density at radius 1 is 1.29 bits per heavy atom. The third-order valence-electron chi connectivity index (χ3n) is 3.76. The molecule has 1 aromatic rings. The van der Waals surface area contributed by atoms with Crippen molar-refractivity contribution < 1.29 is 19.5 Å². The number of anilines is 1. The average molecular weight is 290 g/mol. The number of carbonyl (C=O) groups excluding carboxylic acids is 2. The standard InChI is InChI=1S/C15H18N2O4/c1-10(15(20)21)16(2)14(19)11-5-7-12(8-6-11)17-9-3-4-13(17)18/h5-8,10H,3-4,9H2,1-2H3,(H,20,21)/t10-/m1/s1. The Bertz CT molecular complexity index is 568. The van der Waals surface area contributed by atoms with Crippen molar-refractivity contribution in [1.82, 2.24) is 4.90 Å². The van der Waals surface area contributed by atoms with Crippen molar-refractivity contribution in [2.24, 2.45) is 0 Å². The molecule has 0 aromatic heterocycles. The van der Waals surface area contributed by atoms with E-state index in [9.17, 15) is 14.4 Å². The van der Waals surface area contributed by atoms with Crippen LogP contribution in [0.2, 0.25) is 0 Å². The SMILES string of the molecule is C[C@H](C(=O)O)N(C)C(=O)c1ccc(N2CCCC2=O)cc1. The Hall–Kier alpha value is -2.37. The molecule has 21 heavy (non-hydrogen) atoms. The van der Waals surface area contributed by atoms with Gasteiger partial charge in [-0.1, -0.05) is 0 Å². The molecule has 0 unspecified atom stereocenters. The molecule has 0 saturated carbocycles. The molecule has 6 nitrogen and oxygen atoms in total. The lowest BCUT2D eigenvalue weighted by Crippen LogP contribution is -2.40. The largest absolute Gasteiger partial charge is 0.480 e. The quantitative estimate of drug-likeness (QED) is 0.908. The summed E-state index contributed by atoms with van der Waals surface area (Å²) in [5.41, 5.74) is 1.17. The third kappa shape index (κ3) is 3.04. The molecule has 1 aliphatic rings. The van der Waals surface area contributed by atoms with E-state index in [1.54, 1.807) is 29.2 Å². The molecule has 1 heterocycles. The number of hydrogen-bond acceptors (Lipinski definition) is 3. The highest BCUT2D eigenvalue weighted by Gasteiger charge is 2.24. The van der Waals surface area contributed by atoms with Crippen molar-refractivity contribution in [3.8, 4) is 0 Å². The maximum absolute atomic E-state index is 12.2. The van der Waals surface area contributed by atoms with E-state index in [-0.39, 0.29) is 11.8 Å². The zero-order valence-electron chi connectivity index (χ0n) is 12.1. The molecule has 0 spiro atoms. The van der Waals surface area contributed by atoms with Crippen LogP contribution in [0.4, 0.5) is 5.69 Å². The van der Waals surface area contributed by atoms with Gasteiger partial charge in [-0.15, -0.1) is 0 Å². The zero-order chi connectivity index (χ0) is 15.6. The predicted octanol–water partition coefficient (Wildman–Crippen LogP) is 1.36. The van der Waals surface area contributed by atoms with Crippen molar-refractivity contribution in [2.45, 2.75) is 25.8 Å². The second kappa shape index (κ2) is 5.95. The summed E-state index contributed by atoms with van der Waals surface area (Å²) in [4.78, 5) is 37.6. The molecule has 1 fully saturated rings. The monoisotopic (exact) mass is 290 g/mol. The minimum Gasteiger partial charge on any atom is -0.480 e. The number of aliphatic carboxylic acids is 1. The van der Waals surface area contributed by atoms with E-state index >= 15 is 0 Å². The fourth-order valence-corrected chi connectivity index (χ4v) is 2.25. The van der Waals surface area contributed by atoms with Gasteiger partial charge in [-0.25, -0.2) is 4.79 Å². The number of rotatable bonds is 4. The van der Waals surface area contributed by atoms with Crippen molar-refractivity contribution >= 4 is 23.5 Å². The minimum atomic E-state index is -1.05. The Kier molecular flexibility index (Phi) is 4.26. The van der Waals surface area contributed by atoms with Crippen LogP contribution in [0, 0.1) is 0 Å². The first-order valence-electron chi connectivity index (χ1n) is 6.82. The van der Waals surface area contributed by atoms with E-state index in [0.29, 0.717) is 18.5 Å². The molecule has 112 valence electrons. The van der Waals surface area contributed by atoms with Gasteiger partial charge < -0.3 is 14.9 Å². The van der Waals surface area contributed by atoms with Gasteiger partial charge in [0.1, 0.15) is 6.04 Å². The number of likely N-dealkylation sites (N-methyl/N-ethyl adjacent to an activating group) is 1. The van der Waals surface area contributed by atoms with Crippen LogP contribution >= 0.6 is 0 Å². The highest BCUT2D eigenvalue weighted by atomic mass is 16.4. The van der Waals surface area contributed by atoms with Crippen LogP contribution < -0.4 is 4.90 Å². The third-order valence-corrected chi connectivity index (χ3v) is 3.76. The van der Waals surface area contributed by atoms with Crippen LogP contribution in [0.5, 0.6) is 0 Å². The van der Waals surface area contributed by atoms with Crippen molar-refractivity contribution in [3.05, 3.63) is 29.8 Å². The lowest BCUT2D eigenvalue weighted by atomic mass is 10.1. The molecule has 0 bridgehead atoms. The molecule has 2 rings (SSSR count). The van der Waals surface area contributed by atoms with Crippen molar-refractivity contribution in [2.75, 3.05) is 18.5 Å². The van der Waals surface area contributed by atoms with Gasteiger partial charge in [-0.05, 0) is 37.6 Å². The first-order valence-corrected chi connectivity index (χ1v) is 6.82. The van der Waals surface area contributed by atoms with E-state index in [1.807, 2.05) is 0 Å². The molecule has 0 aliphatic carbocycles. The summed E-state index contributed by atoms with van der Waals surface area (Å²) in [6.45, 7) is 2.15. The first-order chi connectivity index (χ1) is 9.91. The van der Waals surface area contributed by atoms with Crippen LogP contribution in [0.25, 0.3) is 0 Å². The number of hydrogen-bond donors (Lipinski definition) is 1. The number of benzene rings is 1. The van der Waals surface area contributed by atoms with Crippen LogP contribution in [0.3, 0.4) is 0 Å². The lowest BCUT2D eigenvalue weighted by Gasteiger charge is -2.22. The van der Waals surface area contributed by atoms with E-state index in [1.165, 1.54) is 18.9 Å². The van der Waals surface area contributed by atoms with E-state index < -0.39 is 12.0 Å². The van der Waals surface area contributed by atoms with E-state index in [2.05, 4.69) is 0 Å². The average Bonchev–Trinajstić information content (AvgIpc) is 2.91. The number of carbonyl (C=O) groups is 3. The highest BCUT2D eigenvalue weighted by molar-refractivity contribution is 5.98. The maximum atomic E-state index is 12.2. The van der Waals surface area contributed by atoms with Gasteiger partial charge in [0.05, 0.1) is 0 Å². The van der Waals surface area contributed by atoms with Gasteiger partial charge in [-0.2, -0.15) is 0 Å². The van der Waals surface area contributed by atoms with Crippen LogP contribution in [-0.2, 0) is 9.59 Å². The number of carboxylic acids is 1. The topological polar surface area (TPSA) is 77.9 Å². The number of carboxylic acid groups (broad SMARTS) is 1. The second-order valence-electron chi connectivity index (χ2n) is 5.13. The normalized spacial score (nSPS) is 15.9. The molecule has 1 saturated heterocycles. The lowest BCUT2D eigenvalue weighted by molar-refractivity contribution is -0.141. The van der Waals surface area contributed by atoms with Crippen molar-refractivity contribution in [3.63, 3.8) is 0 Å². The molecular weight excluding hydrogens is 272 g/mol. The van der Waals surface area contributed by atoms with Gasteiger partial charge in [0.2, 0.25) is 5.91 Å². The maximum Gasteiger partial charge on any atom is 0.326 e. The van der Waals surface area contributed by atoms with E-state index in [4.69, 9.17) is 5.11 Å². The minimum absolute atomic E-state index is 0.0886. The summed E-state index contributed by atoms with van der Waals surface area (Å²) >= 11 is 0. The van der Waals surface area contributed by atoms with Crippen LogP contribution in [0.1, 0.15) is 30.1 Å². The van der Waals surface area contributed by atoms with Crippen LogP contribution in [-0.4, -0.2) is 47.4 Å². The van der Waals surface area contributed by atoms with Crippen molar-refractivity contribution in [1.29, 1.82) is 0 Å². The smallest absolute Gasteiger partial charge is 0.326 e. The molecule has 6 heteroatoms. The first kappa shape index (κ1) is 15.0. The van der Waals surface area contributed by atoms with Gasteiger partial charge in [-0.3, -0.25) is 9.59 Å². The molecule has 1 aromatic carbocycles. The van der Waals surface area contributed by atoms with E-state index in [0.717, 1.165) is 12.1 Å². The Labute approximate surface area is 123 Å². The molecule has 0 radical (unpaired) electrons. The predicted molar refractivity (Wildman–Crippen MR) is 77.2 cm³/mol. The molecule has 1 aliphatic heterocycles. The summed E-state index contributed by atoms with van der Waals surface area (Å²) in [6, 6.07) is 5.78. The summed E-state index contributed by atoms with van der Waals surface area (Å²) in [5.74, 6) is -1.32.